The molecule has 0 heteroatoms. The van der Waals surface area contributed by atoms with Gasteiger partial charge in [0.15, 0.2) is 0 Å². The largest absolute Gasteiger partial charge is 0.0636 e. The molecular weight excluding hydrogens is 168 g/mol. The minimum absolute atomic E-state index is 1.13. The summed E-state index contributed by atoms with van der Waals surface area (Å²) < 4.78 is 0. The van der Waals surface area contributed by atoms with Crippen LogP contribution in [0.15, 0.2) is 11.1 Å². The van der Waals surface area contributed by atoms with E-state index in [1.54, 1.807) is 25.7 Å². The van der Waals surface area contributed by atoms with Gasteiger partial charge >= 0.3 is 0 Å². The second-order valence-corrected chi connectivity index (χ2v) is 6.93. The molecule has 5 fully saturated rings. The molecule has 14 heavy (non-hydrogen) atoms. The van der Waals surface area contributed by atoms with Crippen LogP contribution in [0.5, 0.6) is 0 Å². The second-order valence-electron chi connectivity index (χ2n) is 6.93. The van der Waals surface area contributed by atoms with Crippen LogP contribution < -0.4 is 0 Å². The summed E-state index contributed by atoms with van der Waals surface area (Å²) in [5.41, 5.74) is 4.15. The van der Waals surface area contributed by atoms with Crippen molar-refractivity contribution in [1.29, 1.82) is 0 Å². The number of allylic oxidation sites excluding steroid dienone is 2. The lowest BCUT2D eigenvalue weighted by Crippen LogP contribution is -2.47. The summed E-state index contributed by atoms with van der Waals surface area (Å²) in [6, 6.07) is 0. The summed E-state index contributed by atoms with van der Waals surface area (Å²) in [6.45, 7) is 0. The molecule has 0 aliphatic heterocycles. The van der Waals surface area contributed by atoms with Gasteiger partial charge < -0.3 is 0 Å². The summed E-state index contributed by atoms with van der Waals surface area (Å²) in [6.07, 6.45) is 6.56. The molecule has 0 amide bonds. The highest BCUT2D eigenvalue weighted by atomic mass is 14.7. The number of rotatable bonds is 0. The van der Waals surface area contributed by atoms with Gasteiger partial charge in [0.2, 0.25) is 0 Å². The predicted molar refractivity (Wildman–Crippen MR) is 53.4 cm³/mol. The molecule has 0 nitrogen and oxygen atoms in total. The van der Waals surface area contributed by atoms with Crippen LogP contribution in [0.4, 0.5) is 0 Å². The monoisotopic (exact) mass is 184 g/mol. The first-order chi connectivity index (χ1) is 6.93. The highest BCUT2D eigenvalue weighted by molar-refractivity contribution is 5.47. The lowest BCUT2D eigenvalue weighted by atomic mass is 9.50. The van der Waals surface area contributed by atoms with Crippen LogP contribution >= 0.6 is 0 Å². The minimum Gasteiger partial charge on any atom is -0.0636 e. The normalized spacial score (nSPS) is 73.7. The number of hydrogen-bond acceptors (Lipinski definition) is 0. The summed E-state index contributed by atoms with van der Waals surface area (Å²) in [7, 11) is 0. The molecule has 9 aliphatic rings. The van der Waals surface area contributed by atoms with Crippen LogP contribution in [0.3, 0.4) is 0 Å². The topological polar surface area (TPSA) is 0 Å². The third-order valence-corrected chi connectivity index (χ3v) is 7.20. The van der Waals surface area contributed by atoms with E-state index in [0.717, 1.165) is 23.7 Å². The standard InChI is InChI=1S/C14H16/c1-5-7-2-8-6(1)10-4-12(8)14-11(7)3-9(5)13(10)14/h5-12H,1-4H2. The molecule has 0 aromatic rings. The Kier molecular flexibility index (Phi) is 0.700. The van der Waals surface area contributed by atoms with E-state index in [0.29, 0.717) is 0 Å². The quantitative estimate of drug-likeness (QED) is 0.508. The average Bonchev–Trinajstić information content (AvgIpc) is 2.93. The van der Waals surface area contributed by atoms with Gasteiger partial charge in [0.25, 0.3) is 0 Å². The fraction of sp³-hybridized carbons (Fsp3) is 0.857. The van der Waals surface area contributed by atoms with Crippen LogP contribution in [0.2, 0.25) is 0 Å². The highest BCUT2D eigenvalue weighted by Crippen LogP contribution is 2.79. The molecular formula is C14H16. The second kappa shape index (κ2) is 1.54. The predicted octanol–water partition coefficient (Wildman–Crippen LogP) is 2.85. The number of hydrogen-bond donors (Lipinski definition) is 0. The Morgan fingerprint density at radius 3 is 1.21 bits per heavy atom. The zero-order valence-corrected chi connectivity index (χ0v) is 8.45. The minimum atomic E-state index is 1.13. The Morgan fingerprint density at radius 2 is 0.857 bits per heavy atom. The molecule has 9 aliphatic carbocycles. The van der Waals surface area contributed by atoms with Crippen molar-refractivity contribution in [3.05, 3.63) is 11.1 Å². The van der Waals surface area contributed by atoms with Gasteiger partial charge in [-0.3, -0.25) is 0 Å². The van der Waals surface area contributed by atoms with Gasteiger partial charge in [0.1, 0.15) is 0 Å². The van der Waals surface area contributed by atoms with Gasteiger partial charge in [-0.25, -0.2) is 0 Å². The SMILES string of the molecule is C1C2C3=C4C1C1CC5C4CC3C5CC21. The van der Waals surface area contributed by atoms with Crippen molar-refractivity contribution in [1.82, 2.24) is 0 Å². The first kappa shape index (κ1) is 6.35. The zero-order valence-electron chi connectivity index (χ0n) is 8.45. The molecule has 0 radical (unpaired) electrons. The lowest BCUT2D eigenvalue weighted by molar-refractivity contribution is 0.0314. The first-order valence-corrected chi connectivity index (χ1v) is 6.67. The van der Waals surface area contributed by atoms with Crippen molar-refractivity contribution in [2.45, 2.75) is 25.7 Å². The Hall–Kier alpha value is -0.260. The van der Waals surface area contributed by atoms with Crippen molar-refractivity contribution >= 4 is 0 Å². The third-order valence-electron chi connectivity index (χ3n) is 7.20. The van der Waals surface area contributed by atoms with Gasteiger partial charge in [0.05, 0.1) is 0 Å². The van der Waals surface area contributed by atoms with E-state index < -0.39 is 0 Å². The maximum absolute atomic E-state index is 2.08. The summed E-state index contributed by atoms with van der Waals surface area (Å²) >= 11 is 0. The van der Waals surface area contributed by atoms with E-state index in [9.17, 15) is 0 Å². The molecule has 0 aromatic carbocycles. The van der Waals surface area contributed by atoms with Crippen LogP contribution in [0.25, 0.3) is 0 Å². The van der Waals surface area contributed by atoms with E-state index in [2.05, 4.69) is 11.1 Å². The van der Waals surface area contributed by atoms with Crippen molar-refractivity contribution in [3.63, 3.8) is 0 Å². The maximum atomic E-state index is 2.08. The van der Waals surface area contributed by atoms with Crippen molar-refractivity contribution in [2.24, 2.45) is 47.3 Å². The van der Waals surface area contributed by atoms with Crippen molar-refractivity contribution in [3.8, 4) is 0 Å². The molecule has 8 unspecified atom stereocenters. The van der Waals surface area contributed by atoms with E-state index >= 15 is 0 Å². The van der Waals surface area contributed by atoms with Crippen LogP contribution in [0.1, 0.15) is 25.7 Å². The molecule has 0 spiro atoms. The molecule has 0 N–H and O–H groups in total. The molecule has 0 heterocycles. The molecule has 72 valence electrons. The zero-order chi connectivity index (χ0) is 8.60. The summed E-state index contributed by atoms with van der Waals surface area (Å²) in [5, 5.41) is 0. The molecule has 5 saturated carbocycles. The Morgan fingerprint density at radius 1 is 0.500 bits per heavy atom. The summed E-state index contributed by atoms with van der Waals surface area (Å²) in [5.74, 6) is 9.29. The van der Waals surface area contributed by atoms with Crippen molar-refractivity contribution < 1.29 is 0 Å². The van der Waals surface area contributed by atoms with E-state index in [4.69, 9.17) is 0 Å². The van der Waals surface area contributed by atoms with Gasteiger partial charge in [-0.05, 0) is 73.0 Å². The highest BCUT2D eigenvalue weighted by Gasteiger charge is 2.70. The fourth-order valence-corrected chi connectivity index (χ4v) is 7.26. The Labute approximate surface area is 84.8 Å². The van der Waals surface area contributed by atoms with E-state index in [-0.39, 0.29) is 0 Å². The molecule has 8 atom stereocenters. The summed E-state index contributed by atoms with van der Waals surface area (Å²) in [4.78, 5) is 0. The maximum Gasteiger partial charge on any atom is -0.0160 e. The Bertz CT molecular complexity index is 334. The molecule has 10 bridgehead atoms. The smallest absolute Gasteiger partial charge is 0.0160 e. The average molecular weight is 184 g/mol. The lowest BCUT2D eigenvalue weighted by Gasteiger charge is -2.54. The van der Waals surface area contributed by atoms with Gasteiger partial charge in [0, 0.05) is 0 Å². The molecule has 9 rings (SSSR count). The van der Waals surface area contributed by atoms with Crippen LogP contribution in [-0.4, -0.2) is 0 Å². The van der Waals surface area contributed by atoms with Crippen LogP contribution in [-0.2, 0) is 0 Å². The van der Waals surface area contributed by atoms with E-state index in [1.807, 2.05) is 0 Å². The van der Waals surface area contributed by atoms with Crippen molar-refractivity contribution in [2.75, 3.05) is 0 Å². The van der Waals surface area contributed by atoms with Crippen LogP contribution in [0, 0.1) is 47.3 Å². The fourth-order valence-electron chi connectivity index (χ4n) is 7.26. The Balaban J connectivity index is 1.81. The van der Waals surface area contributed by atoms with Gasteiger partial charge in [-0.15, -0.1) is 0 Å². The van der Waals surface area contributed by atoms with E-state index in [1.165, 1.54) is 23.7 Å². The first-order valence-electron chi connectivity index (χ1n) is 6.67. The van der Waals surface area contributed by atoms with Gasteiger partial charge in [-0.2, -0.15) is 0 Å². The third kappa shape index (κ3) is 0.379. The molecule has 0 aromatic heterocycles. The molecule has 0 saturated heterocycles. The van der Waals surface area contributed by atoms with Gasteiger partial charge in [-0.1, -0.05) is 11.1 Å².